The minimum atomic E-state index is -3.10. The number of sulfone groups is 1. The van der Waals surface area contributed by atoms with Gasteiger partial charge in [0.1, 0.15) is 0 Å². The first-order valence-electron chi connectivity index (χ1n) is 6.24. The van der Waals surface area contributed by atoms with Crippen LogP contribution in [-0.2, 0) is 9.84 Å². The van der Waals surface area contributed by atoms with Crippen molar-refractivity contribution in [3.05, 3.63) is 24.3 Å². The lowest BCUT2D eigenvalue weighted by molar-refractivity contribution is 0.601. The average Bonchev–Trinajstić information content (AvgIpc) is 2.77. The fourth-order valence-electron chi connectivity index (χ4n) is 2.51. The van der Waals surface area contributed by atoms with Crippen molar-refractivity contribution < 1.29 is 8.42 Å². The molecule has 1 atom stereocenters. The van der Waals surface area contributed by atoms with Gasteiger partial charge in [-0.1, -0.05) is 0 Å². The zero-order valence-corrected chi connectivity index (χ0v) is 11.7. The van der Waals surface area contributed by atoms with Crippen LogP contribution in [0.15, 0.2) is 29.2 Å². The number of hydrogen-bond donors (Lipinski definition) is 1. The molecule has 0 aliphatic carbocycles. The van der Waals surface area contributed by atoms with Gasteiger partial charge < -0.3 is 10.2 Å². The van der Waals surface area contributed by atoms with Gasteiger partial charge in [0.25, 0.3) is 0 Å². The summed E-state index contributed by atoms with van der Waals surface area (Å²) < 4.78 is 22.8. The van der Waals surface area contributed by atoms with E-state index in [1.54, 1.807) is 12.1 Å². The Bertz CT molecular complexity index is 496. The highest BCUT2D eigenvalue weighted by molar-refractivity contribution is 7.90. The Balaban J connectivity index is 2.19. The third-order valence-corrected chi connectivity index (χ3v) is 4.54. The molecular formula is C13H20N2O2S. The molecule has 0 radical (unpaired) electrons. The molecule has 0 spiro atoms. The van der Waals surface area contributed by atoms with Gasteiger partial charge in [-0.05, 0) is 44.2 Å². The minimum absolute atomic E-state index is 0.385. The Hall–Kier alpha value is -1.07. The summed E-state index contributed by atoms with van der Waals surface area (Å²) in [5, 5.41) is 3.21. The summed E-state index contributed by atoms with van der Waals surface area (Å²) in [4.78, 5) is 2.73. The van der Waals surface area contributed by atoms with Crippen molar-refractivity contribution in [3.63, 3.8) is 0 Å². The van der Waals surface area contributed by atoms with Crippen molar-refractivity contribution in [2.75, 3.05) is 31.3 Å². The van der Waals surface area contributed by atoms with Gasteiger partial charge in [0.15, 0.2) is 9.84 Å². The fraction of sp³-hybridized carbons (Fsp3) is 0.538. The first kappa shape index (κ1) is 13.4. The van der Waals surface area contributed by atoms with E-state index < -0.39 is 9.84 Å². The maximum atomic E-state index is 11.4. The molecule has 1 aromatic rings. The van der Waals surface area contributed by atoms with E-state index in [2.05, 4.69) is 10.2 Å². The van der Waals surface area contributed by atoms with Gasteiger partial charge in [-0.3, -0.25) is 0 Å². The summed E-state index contributed by atoms with van der Waals surface area (Å²) in [6, 6.07) is 7.71. The summed E-state index contributed by atoms with van der Waals surface area (Å²) in [6.45, 7) is 2.01. The molecule has 1 N–H and O–H groups in total. The number of hydrogen-bond acceptors (Lipinski definition) is 4. The lowest BCUT2D eigenvalue weighted by atomic mass is 10.2. The Morgan fingerprint density at radius 1 is 1.33 bits per heavy atom. The molecule has 1 aliphatic rings. The molecule has 0 amide bonds. The van der Waals surface area contributed by atoms with Crippen LogP contribution in [0.3, 0.4) is 0 Å². The summed E-state index contributed by atoms with van der Waals surface area (Å²) in [5.41, 5.74) is 1.11. The second-order valence-corrected chi connectivity index (χ2v) is 6.83. The van der Waals surface area contributed by atoms with Gasteiger partial charge >= 0.3 is 0 Å². The van der Waals surface area contributed by atoms with Crippen LogP contribution < -0.4 is 10.2 Å². The van der Waals surface area contributed by atoms with Crippen LogP contribution >= 0.6 is 0 Å². The Labute approximate surface area is 109 Å². The van der Waals surface area contributed by atoms with E-state index in [9.17, 15) is 8.42 Å². The topological polar surface area (TPSA) is 49.4 Å². The predicted molar refractivity (Wildman–Crippen MR) is 73.8 cm³/mol. The highest BCUT2D eigenvalue weighted by Crippen LogP contribution is 2.26. The SMILES string of the molecule is CNCC1CCCN1c1ccc(S(C)(=O)=O)cc1. The van der Waals surface area contributed by atoms with E-state index >= 15 is 0 Å². The van der Waals surface area contributed by atoms with Crippen LogP contribution in [0.4, 0.5) is 5.69 Å². The summed E-state index contributed by atoms with van der Waals surface area (Å²) in [6.07, 6.45) is 3.62. The lowest BCUT2D eigenvalue weighted by Crippen LogP contribution is -2.36. The molecule has 0 bridgehead atoms. The highest BCUT2D eigenvalue weighted by Gasteiger charge is 2.24. The van der Waals surface area contributed by atoms with Crippen molar-refractivity contribution in [2.45, 2.75) is 23.8 Å². The first-order valence-corrected chi connectivity index (χ1v) is 8.13. The number of nitrogens with zero attached hydrogens (tertiary/aromatic N) is 1. The summed E-state index contributed by atoms with van der Waals surface area (Å²) >= 11 is 0. The largest absolute Gasteiger partial charge is 0.367 e. The maximum absolute atomic E-state index is 11.4. The molecule has 1 aromatic carbocycles. The van der Waals surface area contributed by atoms with Crippen molar-refractivity contribution in [3.8, 4) is 0 Å². The van der Waals surface area contributed by atoms with E-state index in [0.717, 1.165) is 18.8 Å². The summed E-state index contributed by atoms with van der Waals surface area (Å²) in [7, 11) is -1.14. The standard InChI is InChI=1S/C13H20N2O2S/c1-14-10-12-4-3-9-15(12)11-5-7-13(8-6-11)18(2,16)17/h5-8,12,14H,3-4,9-10H2,1-2H3. The van der Waals surface area contributed by atoms with Gasteiger partial charge in [0.05, 0.1) is 4.90 Å². The van der Waals surface area contributed by atoms with Gasteiger partial charge in [-0.2, -0.15) is 0 Å². The molecule has 4 nitrogen and oxygen atoms in total. The minimum Gasteiger partial charge on any atom is -0.367 e. The number of nitrogens with one attached hydrogen (secondary N) is 1. The molecule has 0 saturated carbocycles. The third-order valence-electron chi connectivity index (χ3n) is 3.41. The molecule has 0 aromatic heterocycles. The molecule has 1 fully saturated rings. The Morgan fingerprint density at radius 2 is 2.00 bits per heavy atom. The van der Waals surface area contributed by atoms with Crippen LogP contribution in [0.5, 0.6) is 0 Å². The monoisotopic (exact) mass is 268 g/mol. The van der Waals surface area contributed by atoms with Gasteiger partial charge in [0, 0.05) is 31.1 Å². The smallest absolute Gasteiger partial charge is 0.175 e. The molecule has 1 heterocycles. The molecule has 1 unspecified atom stereocenters. The highest BCUT2D eigenvalue weighted by atomic mass is 32.2. The van der Waals surface area contributed by atoms with Gasteiger partial charge in [-0.25, -0.2) is 8.42 Å². The number of anilines is 1. The van der Waals surface area contributed by atoms with E-state index in [0.29, 0.717) is 10.9 Å². The fourth-order valence-corrected chi connectivity index (χ4v) is 3.14. The van der Waals surface area contributed by atoms with Gasteiger partial charge in [-0.15, -0.1) is 0 Å². The van der Waals surface area contributed by atoms with Crippen molar-refractivity contribution in [1.29, 1.82) is 0 Å². The molecule has 5 heteroatoms. The zero-order valence-electron chi connectivity index (χ0n) is 10.9. The molecule has 2 rings (SSSR count). The first-order chi connectivity index (χ1) is 8.52. The van der Waals surface area contributed by atoms with E-state index in [-0.39, 0.29) is 0 Å². The second kappa shape index (κ2) is 5.28. The zero-order chi connectivity index (χ0) is 13.2. The van der Waals surface area contributed by atoms with Gasteiger partial charge in [0.2, 0.25) is 0 Å². The quantitative estimate of drug-likeness (QED) is 0.893. The summed E-state index contributed by atoms with van der Waals surface area (Å²) in [5.74, 6) is 0. The van der Waals surface area contributed by atoms with E-state index in [4.69, 9.17) is 0 Å². The Morgan fingerprint density at radius 3 is 2.56 bits per heavy atom. The molecule has 100 valence electrons. The van der Waals surface area contributed by atoms with E-state index in [1.165, 1.54) is 19.1 Å². The van der Waals surface area contributed by atoms with Crippen molar-refractivity contribution in [1.82, 2.24) is 5.32 Å². The van der Waals surface area contributed by atoms with Crippen LogP contribution in [0, 0.1) is 0 Å². The number of likely N-dealkylation sites (N-methyl/N-ethyl adjacent to an activating group) is 1. The maximum Gasteiger partial charge on any atom is 0.175 e. The average molecular weight is 268 g/mol. The van der Waals surface area contributed by atoms with Crippen LogP contribution in [0.25, 0.3) is 0 Å². The van der Waals surface area contributed by atoms with Crippen LogP contribution in [0.2, 0.25) is 0 Å². The molecule has 1 aliphatic heterocycles. The predicted octanol–water partition coefficient (Wildman–Crippen LogP) is 1.28. The number of benzene rings is 1. The molecular weight excluding hydrogens is 248 g/mol. The van der Waals surface area contributed by atoms with Crippen LogP contribution in [-0.4, -0.2) is 40.9 Å². The number of rotatable bonds is 4. The van der Waals surface area contributed by atoms with Crippen molar-refractivity contribution >= 4 is 15.5 Å². The molecule has 1 saturated heterocycles. The second-order valence-electron chi connectivity index (χ2n) is 4.81. The Kier molecular flexibility index (Phi) is 3.92. The van der Waals surface area contributed by atoms with Crippen molar-refractivity contribution in [2.24, 2.45) is 0 Å². The third kappa shape index (κ3) is 2.84. The molecule has 18 heavy (non-hydrogen) atoms. The lowest BCUT2D eigenvalue weighted by Gasteiger charge is -2.26. The van der Waals surface area contributed by atoms with E-state index in [1.807, 2.05) is 19.2 Å². The normalized spacial score (nSPS) is 20.3. The van der Waals surface area contributed by atoms with Crippen LogP contribution in [0.1, 0.15) is 12.8 Å².